The zero-order valence-corrected chi connectivity index (χ0v) is 8.53. The third-order valence-electron chi connectivity index (χ3n) is 3.10. The minimum Gasteiger partial charge on any atom is -0.307 e. The molecule has 2 unspecified atom stereocenters. The average molecular weight is 195 g/mol. The van der Waals surface area contributed by atoms with E-state index in [1.807, 2.05) is 0 Å². The van der Waals surface area contributed by atoms with Crippen LogP contribution >= 0.6 is 0 Å². The summed E-state index contributed by atoms with van der Waals surface area (Å²) < 4.78 is 0. The molecule has 1 fully saturated rings. The fraction of sp³-hybridized carbons (Fsp3) is 0.889. The van der Waals surface area contributed by atoms with Crippen molar-refractivity contribution >= 4 is 0 Å². The number of tetrazole rings is 1. The molecule has 2 N–H and O–H groups in total. The Balaban J connectivity index is 1.80. The largest absolute Gasteiger partial charge is 0.307 e. The van der Waals surface area contributed by atoms with Crippen LogP contribution in [-0.2, 0) is 6.54 Å². The van der Waals surface area contributed by atoms with Crippen molar-refractivity contribution in [3.63, 3.8) is 0 Å². The van der Waals surface area contributed by atoms with Gasteiger partial charge < -0.3 is 5.32 Å². The summed E-state index contributed by atoms with van der Waals surface area (Å²) in [7, 11) is 0. The Labute approximate surface area is 83.7 Å². The second-order valence-corrected chi connectivity index (χ2v) is 3.91. The van der Waals surface area contributed by atoms with E-state index in [0.717, 1.165) is 18.3 Å². The first-order valence-corrected chi connectivity index (χ1v) is 5.36. The number of aromatic amines is 1. The molecule has 1 aliphatic rings. The normalized spacial score (nSPS) is 26.9. The molecule has 78 valence electrons. The highest BCUT2D eigenvalue weighted by Crippen LogP contribution is 2.27. The molecule has 0 radical (unpaired) electrons. The lowest BCUT2D eigenvalue weighted by molar-refractivity contribution is 0.386. The molecule has 5 nitrogen and oxygen atoms in total. The molecule has 1 aliphatic carbocycles. The number of nitrogens with one attached hydrogen (secondary N) is 2. The van der Waals surface area contributed by atoms with Crippen molar-refractivity contribution in [2.45, 2.75) is 45.2 Å². The van der Waals surface area contributed by atoms with E-state index in [1.54, 1.807) is 0 Å². The molecule has 1 heterocycles. The SMILES string of the molecule is CCC1CCCC1NCc1nn[nH]n1. The Morgan fingerprint density at radius 3 is 3.14 bits per heavy atom. The van der Waals surface area contributed by atoms with Gasteiger partial charge >= 0.3 is 0 Å². The summed E-state index contributed by atoms with van der Waals surface area (Å²) in [6, 6.07) is 0.651. The first-order valence-electron chi connectivity index (χ1n) is 5.36. The predicted molar refractivity (Wildman–Crippen MR) is 52.4 cm³/mol. The highest BCUT2D eigenvalue weighted by Gasteiger charge is 2.25. The van der Waals surface area contributed by atoms with Gasteiger partial charge in [-0.1, -0.05) is 25.0 Å². The molecular weight excluding hydrogens is 178 g/mol. The van der Waals surface area contributed by atoms with Gasteiger partial charge in [0.2, 0.25) is 0 Å². The first kappa shape index (κ1) is 9.58. The van der Waals surface area contributed by atoms with Crippen LogP contribution in [0.3, 0.4) is 0 Å². The van der Waals surface area contributed by atoms with Gasteiger partial charge in [-0.3, -0.25) is 0 Å². The third kappa shape index (κ3) is 2.09. The van der Waals surface area contributed by atoms with Crippen molar-refractivity contribution in [1.82, 2.24) is 25.9 Å². The van der Waals surface area contributed by atoms with Crippen LogP contribution < -0.4 is 5.32 Å². The van der Waals surface area contributed by atoms with Crippen LogP contribution in [0.25, 0.3) is 0 Å². The minimum absolute atomic E-state index is 0.651. The van der Waals surface area contributed by atoms with E-state index in [9.17, 15) is 0 Å². The lowest BCUT2D eigenvalue weighted by Gasteiger charge is -2.18. The summed E-state index contributed by atoms with van der Waals surface area (Å²) in [6.45, 7) is 3.00. The summed E-state index contributed by atoms with van der Waals surface area (Å²) in [5.74, 6) is 1.59. The molecule has 1 aromatic rings. The number of aromatic nitrogens is 4. The number of rotatable bonds is 4. The van der Waals surface area contributed by atoms with Crippen molar-refractivity contribution in [2.75, 3.05) is 0 Å². The molecule has 0 amide bonds. The van der Waals surface area contributed by atoms with Gasteiger partial charge in [0.25, 0.3) is 0 Å². The summed E-state index contributed by atoms with van der Waals surface area (Å²) in [4.78, 5) is 0. The third-order valence-corrected chi connectivity index (χ3v) is 3.10. The molecule has 14 heavy (non-hydrogen) atoms. The van der Waals surface area contributed by atoms with Crippen molar-refractivity contribution < 1.29 is 0 Å². The van der Waals surface area contributed by atoms with Gasteiger partial charge in [0.1, 0.15) is 0 Å². The monoisotopic (exact) mass is 195 g/mol. The molecule has 1 saturated carbocycles. The van der Waals surface area contributed by atoms with E-state index in [-0.39, 0.29) is 0 Å². The maximum absolute atomic E-state index is 3.92. The van der Waals surface area contributed by atoms with Gasteiger partial charge in [0.05, 0.1) is 6.54 Å². The van der Waals surface area contributed by atoms with E-state index in [2.05, 4.69) is 32.9 Å². The molecule has 2 rings (SSSR count). The molecule has 0 aliphatic heterocycles. The Kier molecular flexibility index (Phi) is 3.08. The maximum atomic E-state index is 3.92. The summed E-state index contributed by atoms with van der Waals surface area (Å²) in [5, 5.41) is 17.3. The second-order valence-electron chi connectivity index (χ2n) is 3.91. The van der Waals surface area contributed by atoms with Crippen molar-refractivity contribution in [3.8, 4) is 0 Å². The Bertz CT molecular complexity index is 258. The van der Waals surface area contributed by atoms with E-state index in [1.165, 1.54) is 25.7 Å². The van der Waals surface area contributed by atoms with Gasteiger partial charge in [-0.05, 0) is 18.8 Å². The van der Waals surface area contributed by atoms with Crippen LogP contribution in [0.5, 0.6) is 0 Å². The van der Waals surface area contributed by atoms with E-state index >= 15 is 0 Å². The van der Waals surface area contributed by atoms with Crippen LogP contribution in [0.15, 0.2) is 0 Å². The van der Waals surface area contributed by atoms with Crippen molar-refractivity contribution in [1.29, 1.82) is 0 Å². The Morgan fingerprint density at radius 2 is 2.43 bits per heavy atom. The summed E-state index contributed by atoms with van der Waals surface area (Å²) in [5.41, 5.74) is 0. The van der Waals surface area contributed by atoms with Crippen molar-refractivity contribution in [3.05, 3.63) is 5.82 Å². The van der Waals surface area contributed by atoms with Crippen LogP contribution in [0.2, 0.25) is 0 Å². The topological polar surface area (TPSA) is 66.5 Å². The highest BCUT2D eigenvalue weighted by atomic mass is 15.5. The van der Waals surface area contributed by atoms with Gasteiger partial charge in [-0.25, -0.2) is 0 Å². The molecule has 0 saturated heterocycles. The quantitative estimate of drug-likeness (QED) is 0.748. The van der Waals surface area contributed by atoms with E-state index < -0.39 is 0 Å². The lowest BCUT2D eigenvalue weighted by Crippen LogP contribution is -2.31. The fourth-order valence-electron chi connectivity index (χ4n) is 2.27. The summed E-state index contributed by atoms with van der Waals surface area (Å²) in [6.07, 6.45) is 5.27. The van der Waals surface area contributed by atoms with E-state index in [4.69, 9.17) is 0 Å². The number of hydrogen-bond donors (Lipinski definition) is 2. The molecule has 2 atom stereocenters. The van der Waals surface area contributed by atoms with Gasteiger partial charge in [-0.2, -0.15) is 5.21 Å². The fourth-order valence-corrected chi connectivity index (χ4v) is 2.27. The minimum atomic E-state index is 0.651. The van der Waals surface area contributed by atoms with Gasteiger partial charge in [0, 0.05) is 6.04 Å². The molecule has 5 heteroatoms. The van der Waals surface area contributed by atoms with Crippen LogP contribution in [-0.4, -0.2) is 26.7 Å². The average Bonchev–Trinajstić information content (AvgIpc) is 2.85. The zero-order chi connectivity index (χ0) is 9.80. The first-order chi connectivity index (χ1) is 6.90. The number of nitrogens with zero attached hydrogens (tertiary/aromatic N) is 3. The zero-order valence-electron chi connectivity index (χ0n) is 8.53. The van der Waals surface area contributed by atoms with Gasteiger partial charge in [0.15, 0.2) is 5.82 Å². The lowest BCUT2D eigenvalue weighted by atomic mass is 10.0. The standard InChI is InChI=1S/C9H17N5/c1-2-7-4-3-5-8(7)10-6-9-11-13-14-12-9/h7-8,10H,2-6H2,1H3,(H,11,12,13,14). The van der Waals surface area contributed by atoms with E-state index in [0.29, 0.717) is 6.04 Å². The second kappa shape index (κ2) is 4.50. The molecule has 1 aromatic heterocycles. The molecule has 0 spiro atoms. The molecule has 0 aromatic carbocycles. The number of H-pyrrole nitrogens is 1. The smallest absolute Gasteiger partial charge is 0.188 e. The molecule has 0 bridgehead atoms. The Morgan fingerprint density at radius 1 is 1.50 bits per heavy atom. The van der Waals surface area contributed by atoms with Crippen LogP contribution in [0, 0.1) is 5.92 Å². The highest BCUT2D eigenvalue weighted by molar-refractivity contribution is 4.85. The van der Waals surface area contributed by atoms with Crippen molar-refractivity contribution in [2.24, 2.45) is 5.92 Å². The number of hydrogen-bond acceptors (Lipinski definition) is 4. The Hall–Kier alpha value is -0.970. The predicted octanol–water partition coefficient (Wildman–Crippen LogP) is 0.868. The van der Waals surface area contributed by atoms with Crippen LogP contribution in [0.1, 0.15) is 38.4 Å². The van der Waals surface area contributed by atoms with Gasteiger partial charge in [-0.15, -0.1) is 10.2 Å². The summed E-state index contributed by atoms with van der Waals surface area (Å²) >= 11 is 0. The maximum Gasteiger partial charge on any atom is 0.188 e. The van der Waals surface area contributed by atoms with Crippen LogP contribution in [0.4, 0.5) is 0 Å². The molecular formula is C9H17N5.